The second kappa shape index (κ2) is 8.91. The zero-order valence-electron chi connectivity index (χ0n) is 16.1. The van der Waals surface area contributed by atoms with E-state index in [-0.39, 0.29) is 11.6 Å². The summed E-state index contributed by atoms with van der Waals surface area (Å²) in [5, 5.41) is 6.83. The maximum Gasteiger partial charge on any atom is 0.408 e. The van der Waals surface area contributed by atoms with Crippen molar-refractivity contribution in [2.75, 3.05) is 6.54 Å². The first kappa shape index (κ1) is 20.3. The average molecular weight is 327 g/mol. The molecule has 2 N–H and O–H groups in total. The molecule has 0 heterocycles. The van der Waals surface area contributed by atoms with E-state index in [2.05, 4.69) is 31.4 Å². The fourth-order valence-electron chi connectivity index (χ4n) is 3.36. The number of alkyl carbamates (subject to hydrolysis) is 1. The fraction of sp³-hybridized carbons (Fsp3) is 0.947. The van der Waals surface area contributed by atoms with Crippen molar-refractivity contribution in [2.24, 2.45) is 5.92 Å². The van der Waals surface area contributed by atoms with Crippen LogP contribution in [0.25, 0.3) is 0 Å². The highest BCUT2D eigenvalue weighted by Gasteiger charge is 2.31. The van der Waals surface area contributed by atoms with Crippen molar-refractivity contribution in [3.05, 3.63) is 0 Å². The van der Waals surface area contributed by atoms with Gasteiger partial charge in [0.2, 0.25) is 0 Å². The molecular formula is C19H38N2O2. The Morgan fingerprint density at radius 2 is 1.61 bits per heavy atom. The molecule has 1 rings (SSSR count). The molecule has 0 unspecified atom stereocenters. The zero-order chi connectivity index (χ0) is 17.5. The van der Waals surface area contributed by atoms with E-state index in [0.717, 1.165) is 25.3 Å². The van der Waals surface area contributed by atoms with Crippen molar-refractivity contribution in [2.45, 2.75) is 104 Å². The molecule has 1 saturated carbocycles. The summed E-state index contributed by atoms with van der Waals surface area (Å²) in [6.07, 6.45) is 7.99. The van der Waals surface area contributed by atoms with E-state index in [0.29, 0.717) is 6.04 Å². The van der Waals surface area contributed by atoms with E-state index in [1.54, 1.807) is 0 Å². The monoisotopic (exact) mass is 326 g/mol. The predicted octanol–water partition coefficient (Wildman–Crippen LogP) is 4.63. The largest absolute Gasteiger partial charge is 0.444 e. The molecule has 4 heteroatoms. The van der Waals surface area contributed by atoms with Gasteiger partial charge in [-0.25, -0.2) is 4.79 Å². The third kappa shape index (κ3) is 7.11. The smallest absolute Gasteiger partial charge is 0.408 e. The minimum Gasteiger partial charge on any atom is -0.444 e. The highest BCUT2D eigenvalue weighted by Crippen LogP contribution is 2.27. The maximum atomic E-state index is 12.2. The molecular weight excluding hydrogens is 288 g/mol. The summed E-state index contributed by atoms with van der Waals surface area (Å²) in [7, 11) is 0. The number of hydrogen-bond donors (Lipinski definition) is 2. The van der Waals surface area contributed by atoms with Crippen molar-refractivity contribution >= 4 is 6.09 Å². The van der Waals surface area contributed by atoms with Gasteiger partial charge in [-0.05, 0) is 65.2 Å². The lowest BCUT2D eigenvalue weighted by molar-refractivity contribution is 0.0442. The first-order valence-corrected chi connectivity index (χ1v) is 9.48. The number of nitrogens with one attached hydrogen (secondary N) is 2. The molecule has 1 aliphatic rings. The Morgan fingerprint density at radius 3 is 2.04 bits per heavy atom. The molecule has 0 saturated heterocycles. The minimum absolute atomic E-state index is 0.218. The van der Waals surface area contributed by atoms with Gasteiger partial charge in [0.25, 0.3) is 0 Å². The summed E-state index contributed by atoms with van der Waals surface area (Å²) in [6, 6.07) is 0.593. The molecule has 0 bridgehead atoms. The fourth-order valence-corrected chi connectivity index (χ4v) is 3.36. The van der Waals surface area contributed by atoms with Gasteiger partial charge >= 0.3 is 6.09 Å². The van der Waals surface area contributed by atoms with E-state index in [9.17, 15) is 4.79 Å². The van der Waals surface area contributed by atoms with Gasteiger partial charge in [0.05, 0.1) is 5.54 Å². The van der Waals surface area contributed by atoms with Crippen molar-refractivity contribution in [3.8, 4) is 0 Å². The van der Waals surface area contributed by atoms with Crippen LogP contribution < -0.4 is 10.6 Å². The Bertz CT molecular complexity index is 351. The van der Waals surface area contributed by atoms with Crippen molar-refractivity contribution < 1.29 is 9.53 Å². The van der Waals surface area contributed by atoms with Crippen LogP contribution in [0, 0.1) is 5.92 Å². The van der Waals surface area contributed by atoms with Crippen LogP contribution in [0.4, 0.5) is 4.79 Å². The van der Waals surface area contributed by atoms with Crippen LogP contribution in [0.3, 0.4) is 0 Å². The molecule has 0 aromatic heterocycles. The number of amides is 1. The average Bonchev–Trinajstić information content (AvgIpc) is 2.50. The van der Waals surface area contributed by atoms with Gasteiger partial charge in [-0.2, -0.15) is 0 Å². The normalized spacial score (nSPS) is 22.7. The minimum atomic E-state index is -0.455. The Morgan fingerprint density at radius 1 is 1.04 bits per heavy atom. The zero-order valence-corrected chi connectivity index (χ0v) is 16.1. The van der Waals surface area contributed by atoms with Crippen LogP contribution in [-0.4, -0.2) is 29.8 Å². The maximum absolute atomic E-state index is 12.2. The summed E-state index contributed by atoms with van der Waals surface area (Å²) in [5.74, 6) is 0.912. The van der Waals surface area contributed by atoms with Gasteiger partial charge in [0, 0.05) is 12.6 Å². The molecule has 136 valence electrons. The van der Waals surface area contributed by atoms with Crippen LogP contribution in [0.5, 0.6) is 0 Å². The van der Waals surface area contributed by atoms with Crippen LogP contribution in [0.2, 0.25) is 0 Å². The second-order valence-electron chi connectivity index (χ2n) is 8.12. The molecule has 4 nitrogen and oxygen atoms in total. The summed E-state index contributed by atoms with van der Waals surface area (Å²) < 4.78 is 5.44. The molecule has 0 aromatic rings. The molecule has 1 amide bonds. The third-order valence-corrected chi connectivity index (χ3v) is 5.27. The molecule has 0 spiro atoms. The standard InChI is InChI=1S/C19H38N2O2/c1-7-15-10-12-16(13-11-15)20-14-19(8-2,9-3)21-17(22)23-18(4,5)6/h15-16,20H,7-14H2,1-6H3,(H,21,22). The number of ether oxygens (including phenoxy) is 1. The number of rotatable bonds is 7. The summed E-state index contributed by atoms with van der Waals surface area (Å²) in [4.78, 5) is 12.2. The quantitative estimate of drug-likeness (QED) is 0.717. The van der Waals surface area contributed by atoms with E-state index in [1.165, 1.54) is 32.1 Å². The predicted molar refractivity (Wildman–Crippen MR) is 96.7 cm³/mol. The topological polar surface area (TPSA) is 50.4 Å². The molecule has 0 atom stereocenters. The molecule has 23 heavy (non-hydrogen) atoms. The van der Waals surface area contributed by atoms with Gasteiger partial charge in [-0.1, -0.05) is 27.2 Å². The van der Waals surface area contributed by atoms with E-state index < -0.39 is 5.60 Å². The first-order valence-electron chi connectivity index (χ1n) is 9.48. The Hall–Kier alpha value is -0.770. The molecule has 1 fully saturated rings. The molecule has 0 aliphatic heterocycles. The SMILES string of the molecule is CCC1CCC(NCC(CC)(CC)NC(=O)OC(C)(C)C)CC1. The van der Waals surface area contributed by atoms with Crippen molar-refractivity contribution in [1.82, 2.24) is 10.6 Å². The lowest BCUT2D eigenvalue weighted by Crippen LogP contribution is -2.56. The van der Waals surface area contributed by atoms with Gasteiger partial charge < -0.3 is 15.4 Å². The summed E-state index contributed by atoms with van der Waals surface area (Å²) >= 11 is 0. The summed E-state index contributed by atoms with van der Waals surface area (Å²) in [5.41, 5.74) is -0.673. The highest BCUT2D eigenvalue weighted by molar-refractivity contribution is 5.68. The highest BCUT2D eigenvalue weighted by atomic mass is 16.6. The van der Waals surface area contributed by atoms with Crippen molar-refractivity contribution in [1.29, 1.82) is 0 Å². The van der Waals surface area contributed by atoms with Gasteiger partial charge in [-0.15, -0.1) is 0 Å². The van der Waals surface area contributed by atoms with Gasteiger partial charge in [0.15, 0.2) is 0 Å². The van der Waals surface area contributed by atoms with E-state index >= 15 is 0 Å². The molecule has 1 aliphatic carbocycles. The molecule has 0 radical (unpaired) electrons. The Balaban J connectivity index is 2.51. The third-order valence-electron chi connectivity index (χ3n) is 5.27. The number of carbonyl (C=O) groups excluding carboxylic acids is 1. The van der Waals surface area contributed by atoms with E-state index in [4.69, 9.17) is 4.74 Å². The second-order valence-corrected chi connectivity index (χ2v) is 8.12. The van der Waals surface area contributed by atoms with Crippen LogP contribution in [0.15, 0.2) is 0 Å². The lowest BCUT2D eigenvalue weighted by atomic mass is 9.84. The van der Waals surface area contributed by atoms with Crippen LogP contribution >= 0.6 is 0 Å². The number of hydrogen-bond acceptors (Lipinski definition) is 3. The summed E-state index contributed by atoms with van der Waals surface area (Å²) in [6.45, 7) is 13.1. The van der Waals surface area contributed by atoms with Crippen LogP contribution in [-0.2, 0) is 4.74 Å². The van der Waals surface area contributed by atoms with E-state index in [1.807, 2.05) is 20.8 Å². The Labute approximate surface area is 143 Å². The van der Waals surface area contributed by atoms with Gasteiger partial charge in [-0.3, -0.25) is 0 Å². The Kier molecular flexibility index (Phi) is 7.85. The van der Waals surface area contributed by atoms with Gasteiger partial charge in [0.1, 0.15) is 5.60 Å². The van der Waals surface area contributed by atoms with Crippen LogP contribution in [0.1, 0.15) is 86.5 Å². The first-order chi connectivity index (χ1) is 10.7. The lowest BCUT2D eigenvalue weighted by Gasteiger charge is -2.37. The van der Waals surface area contributed by atoms with Crippen molar-refractivity contribution in [3.63, 3.8) is 0 Å². The molecule has 0 aromatic carbocycles. The number of carbonyl (C=O) groups is 1.